The Morgan fingerprint density at radius 3 is 2.67 bits per heavy atom. The second-order valence-corrected chi connectivity index (χ2v) is 10.1. The zero-order chi connectivity index (χ0) is 20.1. The molecule has 1 heterocycles. The third kappa shape index (κ3) is 7.50. The van der Waals surface area contributed by atoms with Crippen LogP contribution in [-0.4, -0.2) is 44.2 Å². The molecule has 0 aromatic heterocycles. The van der Waals surface area contributed by atoms with Crippen molar-refractivity contribution in [1.82, 2.24) is 4.90 Å². The van der Waals surface area contributed by atoms with Gasteiger partial charge in [-0.3, -0.25) is 4.79 Å². The van der Waals surface area contributed by atoms with Crippen LogP contribution in [-0.2, 0) is 26.2 Å². The summed E-state index contributed by atoms with van der Waals surface area (Å²) in [7, 11) is -3.58. The minimum absolute atomic E-state index is 0.0637. The van der Waals surface area contributed by atoms with Crippen molar-refractivity contribution in [3.05, 3.63) is 29.8 Å². The summed E-state index contributed by atoms with van der Waals surface area (Å²) < 4.78 is 34.2. The first-order chi connectivity index (χ1) is 12.6. The summed E-state index contributed by atoms with van der Waals surface area (Å²) in [6.45, 7) is 9.35. The smallest absolute Gasteiger partial charge is 0.308 e. The van der Waals surface area contributed by atoms with Crippen molar-refractivity contribution in [3.63, 3.8) is 0 Å². The quantitative estimate of drug-likeness (QED) is 0.629. The number of ether oxygens (including phenoxy) is 1. The predicted molar refractivity (Wildman–Crippen MR) is 105 cm³/mol. The van der Waals surface area contributed by atoms with Crippen molar-refractivity contribution in [3.8, 4) is 5.75 Å². The summed E-state index contributed by atoms with van der Waals surface area (Å²) in [5.74, 6) is 0.257. The molecule has 0 aliphatic carbocycles. The lowest BCUT2D eigenvalue weighted by molar-refractivity contribution is -0.135. The van der Waals surface area contributed by atoms with Gasteiger partial charge in [0, 0.05) is 26.1 Å². The van der Waals surface area contributed by atoms with E-state index in [1.807, 2.05) is 31.7 Å². The Bertz CT molecular complexity index is 733. The van der Waals surface area contributed by atoms with Crippen molar-refractivity contribution in [2.75, 3.05) is 18.9 Å². The molecule has 0 bridgehead atoms. The highest BCUT2D eigenvalue weighted by atomic mass is 32.2. The van der Waals surface area contributed by atoms with Crippen LogP contribution in [0.15, 0.2) is 24.3 Å². The summed E-state index contributed by atoms with van der Waals surface area (Å²) in [5.41, 5.74) is 0.727. The van der Waals surface area contributed by atoms with Crippen LogP contribution in [0, 0.1) is 5.41 Å². The van der Waals surface area contributed by atoms with E-state index in [1.54, 1.807) is 18.2 Å². The zero-order valence-corrected chi connectivity index (χ0v) is 17.5. The van der Waals surface area contributed by atoms with E-state index in [-0.39, 0.29) is 28.9 Å². The van der Waals surface area contributed by atoms with E-state index in [0.717, 1.165) is 25.0 Å². The minimum Gasteiger partial charge on any atom is -0.382 e. The van der Waals surface area contributed by atoms with E-state index in [2.05, 4.69) is 0 Å². The number of rotatable bonds is 8. The monoisotopic (exact) mass is 397 g/mol. The van der Waals surface area contributed by atoms with E-state index in [1.165, 1.54) is 6.92 Å². The zero-order valence-electron chi connectivity index (χ0n) is 16.7. The average molecular weight is 398 g/mol. The molecule has 0 spiro atoms. The van der Waals surface area contributed by atoms with Gasteiger partial charge in [0.15, 0.2) is 0 Å². The summed E-state index contributed by atoms with van der Waals surface area (Å²) in [5, 5.41) is 0. The van der Waals surface area contributed by atoms with Gasteiger partial charge in [-0.2, -0.15) is 8.42 Å². The molecule has 1 saturated heterocycles. The van der Waals surface area contributed by atoms with Crippen LogP contribution in [0.2, 0.25) is 0 Å². The lowest BCUT2D eigenvalue weighted by Gasteiger charge is -2.29. The van der Waals surface area contributed by atoms with Gasteiger partial charge >= 0.3 is 10.1 Å². The first kappa shape index (κ1) is 21.7. The fourth-order valence-corrected chi connectivity index (χ4v) is 3.49. The van der Waals surface area contributed by atoms with Crippen LogP contribution >= 0.6 is 0 Å². The number of hydrogen-bond acceptors (Lipinski definition) is 5. The van der Waals surface area contributed by atoms with Crippen molar-refractivity contribution in [2.24, 2.45) is 5.41 Å². The maximum absolute atomic E-state index is 12.9. The van der Waals surface area contributed by atoms with Crippen LogP contribution < -0.4 is 4.18 Å². The van der Waals surface area contributed by atoms with E-state index < -0.39 is 10.1 Å². The summed E-state index contributed by atoms with van der Waals surface area (Å²) in [6.07, 6.45) is 2.48. The second kappa shape index (κ2) is 9.06. The molecule has 1 amide bonds. The number of nitrogens with zero attached hydrogens (tertiary/aromatic N) is 1. The molecule has 1 aromatic rings. The Labute approximate surface area is 163 Å². The van der Waals surface area contributed by atoms with E-state index in [4.69, 9.17) is 8.92 Å². The number of benzene rings is 1. The summed E-state index contributed by atoms with van der Waals surface area (Å²) >= 11 is 0. The summed E-state index contributed by atoms with van der Waals surface area (Å²) in [4.78, 5) is 14.7. The fraction of sp³-hybridized carbons (Fsp3) is 0.650. The molecule has 1 fully saturated rings. The molecular formula is C20H31NO5S. The third-order valence-corrected chi connectivity index (χ3v) is 5.48. The molecule has 6 nitrogen and oxygen atoms in total. The molecule has 0 radical (unpaired) electrons. The van der Waals surface area contributed by atoms with Gasteiger partial charge in [0.05, 0.1) is 11.9 Å². The normalized spacial score (nSPS) is 17.7. The highest BCUT2D eigenvalue weighted by Crippen LogP contribution is 2.23. The molecule has 1 aromatic carbocycles. The molecule has 1 aliphatic rings. The molecule has 1 aliphatic heterocycles. The number of carbonyl (C=O) groups is 1. The van der Waals surface area contributed by atoms with E-state index in [9.17, 15) is 13.2 Å². The molecule has 0 unspecified atom stereocenters. The van der Waals surface area contributed by atoms with Gasteiger partial charge in [0.1, 0.15) is 5.75 Å². The van der Waals surface area contributed by atoms with Gasteiger partial charge in [-0.1, -0.05) is 32.9 Å². The fourth-order valence-electron chi connectivity index (χ4n) is 2.98. The number of amides is 1. The Kier molecular flexibility index (Phi) is 7.28. The highest BCUT2D eigenvalue weighted by Gasteiger charge is 2.26. The van der Waals surface area contributed by atoms with Crippen molar-refractivity contribution in [1.29, 1.82) is 0 Å². The van der Waals surface area contributed by atoms with Crippen molar-refractivity contribution >= 4 is 16.0 Å². The average Bonchev–Trinajstić information content (AvgIpc) is 3.06. The van der Waals surface area contributed by atoms with Gasteiger partial charge in [-0.15, -0.1) is 0 Å². The molecule has 1 atom stereocenters. The molecule has 7 heteroatoms. The van der Waals surface area contributed by atoms with Crippen LogP contribution in [0.25, 0.3) is 0 Å². The van der Waals surface area contributed by atoms with E-state index >= 15 is 0 Å². The maximum atomic E-state index is 12.9. The number of hydrogen-bond donors (Lipinski definition) is 0. The van der Waals surface area contributed by atoms with E-state index in [0.29, 0.717) is 19.5 Å². The van der Waals surface area contributed by atoms with Crippen molar-refractivity contribution < 1.29 is 22.1 Å². The summed E-state index contributed by atoms with van der Waals surface area (Å²) in [6, 6.07) is 6.91. The van der Waals surface area contributed by atoms with Crippen LogP contribution in [0.1, 0.15) is 52.5 Å². The first-order valence-corrected chi connectivity index (χ1v) is 11.1. The van der Waals surface area contributed by atoms with Gasteiger partial charge in [-0.25, -0.2) is 0 Å². The van der Waals surface area contributed by atoms with Crippen molar-refractivity contribution in [2.45, 2.75) is 59.6 Å². The number of carbonyl (C=O) groups excluding carboxylic acids is 1. The van der Waals surface area contributed by atoms with Crippen LogP contribution in [0.5, 0.6) is 5.75 Å². The SMILES string of the molecule is CCS(=O)(=O)Oc1cccc(CN(C[C@@H]2CCCO2)C(=O)CC(C)(C)C)c1. The lowest BCUT2D eigenvalue weighted by Crippen LogP contribution is -2.38. The van der Waals surface area contributed by atoms with Crippen LogP contribution in [0.3, 0.4) is 0 Å². The molecular weight excluding hydrogens is 366 g/mol. The third-order valence-electron chi connectivity index (χ3n) is 4.33. The maximum Gasteiger partial charge on any atom is 0.308 e. The highest BCUT2D eigenvalue weighted by molar-refractivity contribution is 7.87. The second-order valence-electron chi connectivity index (χ2n) is 8.22. The minimum atomic E-state index is -3.58. The Balaban J connectivity index is 2.14. The Hall–Kier alpha value is -1.60. The largest absolute Gasteiger partial charge is 0.382 e. The Morgan fingerprint density at radius 1 is 1.33 bits per heavy atom. The predicted octanol–water partition coefficient (Wildman–Crippen LogP) is 3.36. The molecule has 152 valence electrons. The standard InChI is InChI=1S/C20H31NO5S/c1-5-27(23,24)26-17-9-6-8-16(12-17)14-21(15-18-10-7-11-25-18)19(22)13-20(2,3)4/h6,8-9,12,18H,5,7,10-11,13-15H2,1-4H3/t18-/m0/s1. The Morgan fingerprint density at radius 2 is 2.07 bits per heavy atom. The van der Waals surface area contributed by atoms with Gasteiger partial charge in [-0.05, 0) is 42.9 Å². The van der Waals surface area contributed by atoms with Crippen LogP contribution in [0.4, 0.5) is 0 Å². The molecule has 2 rings (SSSR count). The molecule has 0 N–H and O–H groups in total. The van der Waals surface area contributed by atoms with Gasteiger partial charge in [0.25, 0.3) is 0 Å². The lowest BCUT2D eigenvalue weighted by atomic mass is 9.91. The molecule has 0 saturated carbocycles. The topological polar surface area (TPSA) is 72.9 Å². The molecule has 27 heavy (non-hydrogen) atoms. The van der Waals surface area contributed by atoms with Gasteiger partial charge in [0.2, 0.25) is 5.91 Å². The first-order valence-electron chi connectivity index (χ1n) is 9.48. The van der Waals surface area contributed by atoms with Gasteiger partial charge < -0.3 is 13.8 Å².